The van der Waals surface area contributed by atoms with Crippen molar-refractivity contribution in [2.24, 2.45) is 11.8 Å². The molecule has 1 aliphatic carbocycles. The Labute approximate surface area is 167 Å². The molecule has 0 radical (unpaired) electrons. The van der Waals surface area contributed by atoms with E-state index in [-0.39, 0.29) is 23.9 Å². The molecule has 0 aromatic carbocycles. The Morgan fingerprint density at radius 3 is 3.04 bits per heavy atom. The number of amides is 2. The third kappa shape index (κ3) is 4.17. The summed E-state index contributed by atoms with van der Waals surface area (Å²) in [6, 6.07) is 6.15. The number of hydrazine groups is 1. The van der Waals surface area contributed by atoms with Gasteiger partial charge in [-0.25, -0.2) is 5.43 Å². The van der Waals surface area contributed by atoms with E-state index in [1.54, 1.807) is 6.20 Å². The van der Waals surface area contributed by atoms with Gasteiger partial charge in [-0.2, -0.15) is 0 Å². The van der Waals surface area contributed by atoms with Crippen molar-refractivity contribution >= 4 is 27.7 Å². The Bertz CT molecular complexity index is 688. The van der Waals surface area contributed by atoms with Gasteiger partial charge >= 0.3 is 0 Å². The predicted octanol–water partition coefficient (Wildman–Crippen LogP) is 0.955. The van der Waals surface area contributed by atoms with Gasteiger partial charge < -0.3 is 10.2 Å². The first-order chi connectivity index (χ1) is 13.1. The minimum Gasteiger partial charge on any atom is -0.355 e. The van der Waals surface area contributed by atoms with Crippen molar-refractivity contribution < 1.29 is 9.59 Å². The van der Waals surface area contributed by atoms with Gasteiger partial charge in [0.25, 0.3) is 0 Å². The van der Waals surface area contributed by atoms with Crippen LogP contribution in [0.3, 0.4) is 0 Å². The van der Waals surface area contributed by atoms with Crippen LogP contribution in [0.2, 0.25) is 0 Å². The van der Waals surface area contributed by atoms with Crippen molar-refractivity contribution in [1.29, 1.82) is 0 Å². The summed E-state index contributed by atoms with van der Waals surface area (Å²) < 4.78 is 0. The Balaban J connectivity index is 1.29. The molecule has 0 spiro atoms. The number of hydrogen-bond acceptors (Lipinski definition) is 5. The molecule has 3 aliphatic rings. The molecule has 7 nitrogen and oxygen atoms in total. The molecule has 146 valence electrons. The van der Waals surface area contributed by atoms with Crippen LogP contribution in [-0.4, -0.2) is 51.8 Å². The summed E-state index contributed by atoms with van der Waals surface area (Å²) in [6.45, 7) is 1.04. The van der Waals surface area contributed by atoms with Crippen LogP contribution < -0.4 is 16.2 Å². The summed E-state index contributed by atoms with van der Waals surface area (Å²) >= 11 is 3.70. The standard InChI is InChI=1S/C19H26BrN5O2/c20-13-4-5-15-16(10-13)23-24-18(15)25-11-12(9-17(25)26)19(27)22-8-6-14-3-1-2-7-21-14/h1-3,7,12-13,15-16,18,23-24H,4-6,8-11H2,(H,22,27). The molecular formula is C19H26BrN5O2. The monoisotopic (exact) mass is 435 g/mol. The molecule has 3 N–H and O–H groups in total. The second-order valence-corrected chi connectivity index (χ2v) is 9.02. The van der Waals surface area contributed by atoms with E-state index < -0.39 is 0 Å². The molecular weight excluding hydrogens is 410 g/mol. The second-order valence-electron chi connectivity index (χ2n) is 7.72. The van der Waals surface area contributed by atoms with Gasteiger partial charge in [0.1, 0.15) is 0 Å². The maximum absolute atomic E-state index is 12.6. The third-order valence-corrected chi connectivity index (χ3v) is 6.77. The Kier molecular flexibility index (Phi) is 5.75. The van der Waals surface area contributed by atoms with E-state index in [2.05, 4.69) is 37.1 Å². The first-order valence-electron chi connectivity index (χ1n) is 9.74. The number of fused-ring (bicyclic) bond motifs is 1. The summed E-state index contributed by atoms with van der Waals surface area (Å²) in [7, 11) is 0. The lowest BCUT2D eigenvalue weighted by Gasteiger charge is -2.34. The van der Waals surface area contributed by atoms with Gasteiger partial charge in [0.2, 0.25) is 11.8 Å². The molecule has 8 heteroatoms. The number of aromatic nitrogens is 1. The van der Waals surface area contributed by atoms with Crippen molar-refractivity contribution in [1.82, 2.24) is 26.1 Å². The number of alkyl halides is 1. The van der Waals surface area contributed by atoms with E-state index in [0.29, 0.717) is 42.7 Å². The van der Waals surface area contributed by atoms with E-state index in [1.165, 1.54) is 0 Å². The fourth-order valence-electron chi connectivity index (χ4n) is 4.48. The van der Waals surface area contributed by atoms with E-state index in [1.807, 2.05) is 23.1 Å². The number of likely N-dealkylation sites (tertiary alicyclic amines) is 1. The second kappa shape index (κ2) is 8.24. The largest absolute Gasteiger partial charge is 0.355 e. The average Bonchev–Trinajstić information content (AvgIpc) is 3.25. The highest BCUT2D eigenvalue weighted by atomic mass is 79.9. The van der Waals surface area contributed by atoms with Gasteiger partial charge in [-0.05, 0) is 31.4 Å². The number of hydrogen-bond donors (Lipinski definition) is 3. The average molecular weight is 436 g/mol. The Morgan fingerprint density at radius 2 is 2.22 bits per heavy atom. The van der Waals surface area contributed by atoms with Gasteiger partial charge in [0, 0.05) is 54.6 Å². The zero-order valence-corrected chi connectivity index (χ0v) is 16.8. The molecule has 1 aromatic rings. The molecule has 1 saturated carbocycles. The highest BCUT2D eigenvalue weighted by molar-refractivity contribution is 9.09. The highest BCUT2D eigenvalue weighted by Crippen LogP contribution is 2.36. The normalized spacial score (nSPS) is 33.1. The number of halogens is 1. The van der Waals surface area contributed by atoms with Crippen LogP contribution in [0.4, 0.5) is 0 Å². The van der Waals surface area contributed by atoms with Crippen LogP contribution in [0.15, 0.2) is 24.4 Å². The first-order valence-corrected chi connectivity index (χ1v) is 10.7. The fraction of sp³-hybridized carbons (Fsp3) is 0.632. The maximum Gasteiger partial charge on any atom is 0.225 e. The lowest BCUT2D eigenvalue weighted by Crippen LogP contribution is -2.48. The fourth-order valence-corrected chi connectivity index (χ4v) is 5.14. The lowest BCUT2D eigenvalue weighted by molar-refractivity contribution is -0.131. The van der Waals surface area contributed by atoms with Crippen molar-refractivity contribution in [3.63, 3.8) is 0 Å². The maximum atomic E-state index is 12.6. The quantitative estimate of drug-likeness (QED) is 0.599. The van der Waals surface area contributed by atoms with Crippen molar-refractivity contribution in [3.05, 3.63) is 30.1 Å². The topological polar surface area (TPSA) is 86.4 Å². The number of pyridine rings is 1. The lowest BCUT2D eigenvalue weighted by atomic mass is 9.84. The van der Waals surface area contributed by atoms with E-state index in [4.69, 9.17) is 0 Å². The van der Waals surface area contributed by atoms with E-state index in [0.717, 1.165) is 25.0 Å². The minimum absolute atomic E-state index is 0.00572. The van der Waals surface area contributed by atoms with Crippen LogP contribution >= 0.6 is 15.9 Å². The molecule has 5 atom stereocenters. The van der Waals surface area contributed by atoms with Gasteiger partial charge in [0.05, 0.1) is 12.1 Å². The molecule has 2 amide bonds. The molecule has 2 saturated heterocycles. The number of nitrogens with zero attached hydrogens (tertiary/aromatic N) is 2. The number of nitrogens with one attached hydrogen (secondary N) is 3. The van der Waals surface area contributed by atoms with Gasteiger partial charge in [0.15, 0.2) is 0 Å². The highest BCUT2D eigenvalue weighted by Gasteiger charge is 2.47. The summed E-state index contributed by atoms with van der Waals surface area (Å²) in [5.41, 5.74) is 7.62. The number of carbonyl (C=O) groups excluding carboxylic acids is 2. The molecule has 1 aromatic heterocycles. The molecule has 3 fully saturated rings. The molecule has 2 aliphatic heterocycles. The summed E-state index contributed by atoms with van der Waals surface area (Å²) in [5.74, 6) is 0.178. The van der Waals surface area contributed by atoms with Crippen LogP contribution in [-0.2, 0) is 16.0 Å². The molecule has 4 rings (SSSR count). The number of rotatable bonds is 5. The van der Waals surface area contributed by atoms with Crippen LogP contribution in [0.25, 0.3) is 0 Å². The first kappa shape index (κ1) is 18.8. The summed E-state index contributed by atoms with van der Waals surface area (Å²) in [5, 5.41) is 2.97. The molecule has 5 unspecified atom stereocenters. The minimum atomic E-state index is -0.269. The third-order valence-electron chi connectivity index (χ3n) is 5.93. The SMILES string of the molecule is O=C(NCCc1ccccn1)C1CC(=O)N(C2NNC3CC(Br)CCC32)C1. The summed E-state index contributed by atoms with van der Waals surface area (Å²) in [4.78, 5) is 31.8. The van der Waals surface area contributed by atoms with E-state index in [9.17, 15) is 9.59 Å². The van der Waals surface area contributed by atoms with Crippen molar-refractivity contribution in [2.45, 2.75) is 49.1 Å². The van der Waals surface area contributed by atoms with Crippen LogP contribution in [0.5, 0.6) is 0 Å². The molecule has 3 heterocycles. The molecule has 0 bridgehead atoms. The van der Waals surface area contributed by atoms with Crippen LogP contribution in [0, 0.1) is 11.8 Å². The molecule has 27 heavy (non-hydrogen) atoms. The predicted molar refractivity (Wildman–Crippen MR) is 105 cm³/mol. The van der Waals surface area contributed by atoms with Gasteiger partial charge in [-0.1, -0.05) is 22.0 Å². The Hall–Kier alpha value is -1.51. The van der Waals surface area contributed by atoms with Crippen LogP contribution in [0.1, 0.15) is 31.4 Å². The zero-order valence-electron chi connectivity index (χ0n) is 15.2. The summed E-state index contributed by atoms with van der Waals surface area (Å²) in [6.07, 6.45) is 6.01. The zero-order chi connectivity index (χ0) is 18.8. The smallest absolute Gasteiger partial charge is 0.225 e. The van der Waals surface area contributed by atoms with Crippen molar-refractivity contribution in [3.8, 4) is 0 Å². The van der Waals surface area contributed by atoms with Crippen molar-refractivity contribution in [2.75, 3.05) is 13.1 Å². The Morgan fingerprint density at radius 1 is 1.33 bits per heavy atom. The van der Waals surface area contributed by atoms with E-state index >= 15 is 0 Å². The van der Waals surface area contributed by atoms with Gasteiger partial charge in [-0.3, -0.25) is 20.0 Å². The van der Waals surface area contributed by atoms with Gasteiger partial charge in [-0.15, -0.1) is 0 Å². The number of carbonyl (C=O) groups is 2.